The lowest BCUT2D eigenvalue weighted by molar-refractivity contribution is -0.120. The van der Waals surface area contributed by atoms with Gasteiger partial charge in [0.05, 0.1) is 18.3 Å². The fraction of sp³-hybridized carbons (Fsp3) is 0.450. The zero-order valence-corrected chi connectivity index (χ0v) is 16.4. The van der Waals surface area contributed by atoms with Crippen molar-refractivity contribution in [2.75, 3.05) is 13.6 Å². The highest BCUT2D eigenvalue weighted by molar-refractivity contribution is 7.10. The Morgan fingerprint density at radius 1 is 1.35 bits per heavy atom. The third-order valence-electron chi connectivity index (χ3n) is 4.96. The summed E-state index contributed by atoms with van der Waals surface area (Å²) in [5, 5.41) is 12.7. The lowest BCUT2D eigenvalue weighted by atomic mass is 9.94. The summed E-state index contributed by atoms with van der Waals surface area (Å²) >= 11 is 7.29. The van der Waals surface area contributed by atoms with E-state index in [-0.39, 0.29) is 5.78 Å². The minimum Gasteiger partial charge on any atom is -0.296 e. The Morgan fingerprint density at radius 3 is 2.69 bits per heavy atom. The maximum Gasteiger partial charge on any atom is 0.170 e. The van der Waals surface area contributed by atoms with Crippen LogP contribution in [-0.2, 0) is 4.79 Å². The van der Waals surface area contributed by atoms with Gasteiger partial charge in [-0.3, -0.25) is 9.69 Å². The van der Waals surface area contributed by atoms with E-state index < -0.39 is 5.92 Å². The molecule has 1 aliphatic carbocycles. The van der Waals surface area contributed by atoms with E-state index in [1.165, 1.54) is 30.6 Å². The van der Waals surface area contributed by atoms with Crippen LogP contribution < -0.4 is 0 Å². The predicted octanol–water partition coefficient (Wildman–Crippen LogP) is 4.90. The molecule has 0 aliphatic heterocycles. The van der Waals surface area contributed by atoms with E-state index in [2.05, 4.69) is 16.0 Å². The largest absolute Gasteiger partial charge is 0.296 e. The number of carbonyl (C=O) groups is 1. The molecular formula is C20H22ClN3OS. The number of ketones is 1. The average molecular weight is 388 g/mol. The number of hydrogen-bond donors (Lipinski definition) is 0. The third kappa shape index (κ3) is 4.50. The van der Waals surface area contributed by atoms with Gasteiger partial charge >= 0.3 is 0 Å². The van der Waals surface area contributed by atoms with Crippen LogP contribution in [0.5, 0.6) is 0 Å². The van der Waals surface area contributed by atoms with Gasteiger partial charge in [-0.1, -0.05) is 43.0 Å². The number of carbonyl (C=O) groups excluding carboxylic acids is 1. The van der Waals surface area contributed by atoms with Crippen LogP contribution in [0.25, 0.3) is 11.3 Å². The molecule has 26 heavy (non-hydrogen) atoms. The van der Waals surface area contributed by atoms with Gasteiger partial charge in [0.2, 0.25) is 0 Å². The molecule has 6 heteroatoms. The zero-order valence-electron chi connectivity index (χ0n) is 14.8. The molecule has 0 bridgehead atoms. The number of halogens is 1. The van der Waals surface area contributed by atoms with E-state index in [1.807, 2.05) is 36.7 Å². The van der Waals surface area contributed by atoms with Crippen molar-refractivity contribution in [2.24, 2.45) is 0 Å². The first-order valence-electron chi connectivity index (χ1n) is 8.92. The molecule has 0 spiro atoms. The van der Waals surface area contributed by atoms with Crippen LogP contribution in [0.1, 0.15) is 43.0 Å². The van der Waals surface area contributed by atoms with Crippen LogP contribution in [0.2, 0.25) is 5.02 Å². The summed E-state index contributed by atoms with van der Waals surface area (Å²) in [6.07, 6.45) is 6.01. The number of likely N-dealkylation sites (N-methyl/N-ethyl adjacent to an activating group) is 1. The molecule has 1 saturated carbocycles. The fourth-order valence-corrected chi connectivity index (χ4v) is 4.44. The second-order valence-corrected chi connectivity index (χ2v) is 8.14. The fourth-order valence-electron chi connectivity index (χ4n) is 3.43. The van der Waals surface area contributed by atoms with Crippen molar-refractivity contribution in [2.45, 2.75) is 44.1 Å². The number of aromatic nitrogens is 1. The van der Waals surface area contributed by atoms with Crippen molar-refractivity contribution in [3.05, 3.63) is 39.7 Å². The van der Waals surface area contributed by atoms with Crippen molar-refractivity contribution >= 4 is 28.7 Å². The number of nitriles is 1. The van der Waals surface area contributed by atoms with E-state index >= 15 is 0 Å². The van der Waals surface area contributed by atoms with Gasteiger partial charge in [0.25, 0.3) is 0 Å². The molecule has 1 aliphatic rings. The van der Waals surface area contributed by atoms with Crippen LogP contribution in [0.15, 0.2) is 29.6 Å². The molecular weight excluding hydrogens is 366 g/mol. The van der Waals surface area contributed by atoms with E-state index in [9.17, 15) is 10.1 Å². The monoisotopic (exact) mass is 387 g/mol. The van der Waals surface area contributed by atoms with Crippen molar-refractivity contribution < 1.29 is 4.79 Å². The van der Waals surface area contributed by atoms with E-state index in [4.69, 9.17) is 11.6 Å². The van der Waals surface area contributed by atoms with Crippen LogP contribution in [0.4, 0.5) is 0 Å². The molecule has 4 nitrogen and oxygen atoms in total. The van der Waals surface area contributed by atoms with Gasteiger partial charge in [-0.05, 0) is 32.0 Å². The molecule has 136 valence electrons. The molecule has 0 amide bonds. The van der Waals surface area contributed by atoms with E-state index in [0.717, 1.165) is 24.1 Å². The number of benzene rings is 1. The SMILES string of the molecule is CN(CC(=O)[C@@H](C#N)c1nc(-c2ccc(Cl)cc2)cs1)C1CCCCC1. The number of rotatable bonds is 6. The smallest absolute Gasteiger partial charge is 0.170 e. The summed E-state index contributed by atoms with van der Waals surface area (Å²) in [6, 6.07) is 10.00. The van der Waals surface area contributed by atoms with E-state index in [0.29, 0.717) is 22.6 Å². The lowest BCUT2D eigenvalue weighted by Gasteiger charge is -2.30. The second-order valence-electron chi connectivity index (χ2n) is 6.81. The topological polar surface area (TPSA) is 57.0 Å². The summed E-state index contributed by atoms with van der Waals surface area (Å²) < 4.78 is 0. The molecule has 0 radical (unpaired) electrons. The molecule has 0 saturated heterocycles. The second kappa shape index (κ2) is 8.77. The van der Waals surface area contributed by atoms with Gasteiger partial charge < -0.3 is 0 Å². The Kier molecular flexibility index (Phi) is 6.42. The maximum absolute atomic E-state index is 12.7. The minimum atomic E-state index is -0.799. The van der Waals surface area contributed by atoms with Gasteiger partial charge in [-0.15, -0.1) is 11.3 Å². The Bertz CT molecular complexity index is 790. The summed E-state index contributed by atoms with van der Waals surface area (Å²) in [4.78, 5) is 19.3. The summed E-state index contributed by atoms with van der Waals surface area (Å²) in [5.41, 5.74) is 1.70. The molecule has 0 unspecified atom stereocenters. The predicted molar refractivity (Wildman–Crippen MR) is 105 cm³/mol. The van der Waals surface area contributed by atoms with Crippen LogP contribution in [0.3, 0.4) is 0 Å². The van der Waals surface area contributed by atoms with Crippen molar-refractivity contribution in [1.82, 2.24) is 9.88 Å². The quantitative estimate of drug-likeness (QED) is 0.707. The molecule has 2 aromatic rings. The van der Waals surface area contributed by atoms with Gasteiger partial charge in [0.15, 0.2) is 11.7 Å². The minimum absolute atomic E-state index is 0.0717. The highest BCUT2D eigenvalue weighted by Gasteiger charge is 2.27. The first-order valence-corrected chi connectivity index (χ1v) is 10.2. The first-order chi connectivity index (χ1) is 12.6. The Labute approximate surface area is 163 Å². The molecule has 1 heterocycles. The van der Waals surface area contributed by atoms with Crippen LogP contribution in [-0.4, -0.2) is 35.3 Å². The molecule has 3 rings (SSSR count). The summed E-state index contributed by atoms with van der Waals surface area (Å²) in [6.45, 7) is 0.304. The van der Waals surface area contributed by atoms with Crippen LogP contribution >= 0.6 is 22.9 Å². The van der Waals surface area contributed by atoms with E-state index in [1.54, 1.807) is 0 Å². The molecule has 1 atom stereocenters. The Hall–Kier alpha value is -1.74. The number of hydrogen-bond acceptors (Lipinski definition) is 5. The van der Waals surface area contributed by atoms with Gasteiger partial charge in [0, 0.05) is 22.0 Å². The van der Waals surface area contributed by atoms with Gasteiger partial charge in [-0.2, -0.15) is 5.26 Å². The molecule has 1 aromatic carbocycles. The summed E-state index contributed by atoms with van der Waals surface area (Å²) in [7, 11) is 1.99. The zero-order chi connectivity index (χ0) is 18.5. The highest BCUT2D eigenvalue weighted by atomic mass is 35.5. The molecule has 1 aromatic heterocycles. The van der Waals surface area contributed by atoms with Crippen molar-refractivity contribution in [3.8, 4) is 17.3 Å². The highest BCUT2D eigenvalue weighted by Crippen LogP contribution is 2.28. The Balaban J connectivity index is 1.69. The maximum atomic E-state index is 12.7. The molecule has 0 N–H and O–H groups in total. The third-order valence-corrected chi connectivity index (χ3v) is 6.12. The Morgan fingerprint density at radius 2 is 2.04 bits per heavy atom. The first kappa shape index (κ1) is 19.0. The van der Waals surface area contributed by atoms with Crippen molar-refractivity contribution in [1.29, 1.82) is 5.26 Å². The number of Topliss-reactive ketones (excluding diaryl/α,β-unsaturated/α-hetero) is 1. The normalized spacial score (nSPS) is 16.4. The van der Waals surface area contributed by atoms with Gasteiger partial charge in [0.1, 0.15) is 5.01 Å². The van der Waals surface area contributed by atoms with Crippen LogP contribution in [0, 0.1) is 11.3 Å². The van der Waals surface area contributed by atoms with Gasteiger partial charge in [-0.25, -0.2) is 4.98 Å². The lowest BCUT2D eigenvalue weighted by Crippen LogP contribution is -2.38. The van der Waals surface area contributed by atoms with Crippen molar-refractivity contribution in [3.63, 3.8) is 0 Å². The standard InChI is InChI=1S/C20H22ClN3OS/c1-24(16-5-3-2-4-6-16)12-19(25)17(11-22)20-23-18(13-26-20)14-7-9-15(21)10-8-14/h7-10,13,16-17H,2-6,12H2,1H3/t17-/m1/s1. The molecule has 1 fully saturated rings. The number of nitrogens with zero attached hydrogens (tertiary/aromatic N) is 3. The summed E-state index contributed by atoms with van der Waals surface area (Å²) in [5.74, 6) is -0.871. The average Bonchev–Trinajstić information content (AvgIpc) is 3.13. The number of thiazole rings is 1.